The molecule has 0 N–H and O–H groups in total. The fourth-order valence-corrected chi connectivity index (χ4v) is 2.76. The van der Waals surface area contributed by atoms with Gasteiger partial charge in [0.05, 0.1) is 12.2 Å². The Morgan fingerprint density at radius 3 is 2.48 bits per heavy atom. The summed E-state index contributed by atoms with van der Waals surface area (Å²) in [6, 6.07) is 5.56. The molecule has 0 atom stereocenters. The molecule has 0 unspecified atom stereocenters. The molecule has 1 aromatic carbocycles. The predicted molar refractivity (Wildman–Crippen MR) is 72.7 cm³/mol. The van der Waals surface area contributed by atoms with Gasteiger partial charge in [0.15, 0.2) is 12.0 Å². The first-order valence-corrected chi connectivity index (χ1v) is 6.90. The molecule has 2 rings (SSSR count). The van der Waals surface area contributed by atoms with Crippen LogP contribution < -0.4 is 0 Å². The van der Waals surface area contributed by atoms with E-state index in [4.69, 9.17) is 4.74 Å². The van der Waals surface area contributed by atoms with Crippen LogP contribution in [0.5, 0.6) is 0 Å². The number of rotatable bonds is 5. The van der Waals surface area contributed by atoms with Gasteiger partial charge in [-0.1, -0.05) is 24.6 Å². The molecule has 0 bridgehead atoms. The second kappa shape index (κ2) is 5.92. The van der Waals surface area contributed by atoms with Crippen molar-refractivity contribution >= 4 is 6.29 Å². The Kier molecular flexibility index (Phi) is 4.40. The summed E-state index contributed by atoms with van der Waals surface area (Å²) in [5.74, 6) is 0.106. The zero-order valence-corrected chi connectivity index (χ0v) is 11.7. The highest BCUT2D eigenvalue weighted by Crippen LogP contribution is 2.49. The molecule has 1 fully saturated rings. The maximum Gasteiger partial charge on any atom is 0.416 e. The van der Waals surface area contributed by atoms with Crippen LogP contribution in [-0.2, 0) is 21.1 Å². The molecule has 1 aromatic rings. The lowest BCUT2D eigenvalue weighted by Gasteiger charge is -2.41. The number of allylic oxidation sites excluding steroid dienone is 2. The number of ether oxygens (including phenoxy) is 1. The van der Waals surface area contributed by atoms with Crippen LogP contribution in [-0.4, -0.2) is 12.9 Å². The van der Waals surface area contributed by atoms with Crippen LogP contribution in [0.3, 0.4) is 0 Å². The molecule has 5 heteroatoms. The normalized spacial score (nSPS) is 18.0. The van der Waals surface area contributed by atoms with Gasteiger partial charge >= 0.3 is 6.18 Å². The van der Waals surface area contributed by atoms with Gasteiger partial charge in [0.25, 0.3) is 0 Å². The van der Waals surface area contributed by atoms with Gasteiger partial charge in [-0.2, -0.15) is 13.2 Å². The molecule has 1 aliphatic rings. The van der Waals surface area contributed by atoms with Crippen molar-refractivity contribution in [3.8, 4) is 0 Å². The first-order valence-electron chi connectivity index (χ1n) is 6.90. The van der Waals surface area contributed by atoms with Crippen LogP contribution in [0.1, 0.15) is 37.3 Å². The molecule has 1 aliphatic carbocycles. The highest BCUT2D eigenvalue weighted by atomic mass is 19.4. The third-order valence-electron chi connectivity index (χ3n) is 3.86. The van der Waals surface area contributed by atoms with Crippen molar-refractivity contribution < 1.29 is 22.7 Å². The fraction of sp³-hybridized carbons (Fsp3) is 0.438. The summed E-state index contributed by atoms with van der Waals surface area (Å²) in [5.41, 5.74) is -1.16. The molecule has 0 saturated heterocycles. The largest absolute Gasteiger partial charge is 0.491 e. The summed E-state index contributed by atoms with van der Waals surface area (Å²) >= 11 is 0. The van der Waals surface area contributed by atoms with Gasteiger partial charge in [0.2, 0.25) is 0 Å². The van der Waals surface area contributed by atoms with Crippen LogP contribution >= 0.6 is 0 Å². The van der Waals surface area contributed by atoms with Crippen LogP contribution in [0.25, 0.3) is 0 Å². The molecular formula is C16H17F3O2. The first-order chi connectivity index (χ1) is 9.93. The van der Waals surface area contributed by atoms with Crippen LogP contribution in [0, 0.1) is 0 Å². The van der Waals surface area contributed by atoms with E-state index in [0.29, 0.717) is 25.7 Å². The van der Waals surface area contributed by atoms with Crippen molar-refractivity contribution in [2.45, 2.75) is 37.8 Å². The van der Waals surface area contributed by atoms with E-state index in [1.54, 1.807) is 19.1 Å². The third kappa shape index (κ3) is 3.12. The number of carbonyl (C=O) groups is 1. The standard InChI is InChI=1S/C16H17F3O2/c1-2-21-12(11-20)10-15(8-5-9-15)13-6-3-4-7-14(13)16(17,18)19/h3-4,6-7,10-11H,2,5,8-9H2,1H3/b12-10+. The molecule has 114 valence electrons. The number of aldehydes is 1. The second-order valence-corrected chi connectivity index (χ2v) is 5.15. The van der Waals surface area contributed by atoms with Crippen LogP contribution in [0.15, 0.2) is 36.1 Å². The molecular weight excluding hydrogens is 281 g/mol. The second-order valence-electron chi connectivity index (χ2n) is 5.15. The van der Waals surface area contributed by atoms with E-state index in [1.165, 1.54) is 12.1 Å². The summed E-state index contributed by atoms with van der Waals surface area (Å²) in [7, 11) is 0. The lowest BCUT2D eigenvalue weighted by Crippen LogP contribution is -2.35. The quantitative estimate of drug-likeness (QED) is 0.461. The third-order valence-corrected chi connectivity index (χ3v) is 3.86. The molecule has 0 heterocycles. The molecule has 21 heavy (non-hydrogen) atoms. The number of halogens is 3. The van der Waals surface area contributed by atoms with Gasteiger partial charge in [-0.3, -0.25) is 4.79 Å². The van der Waals surface area contributed by atoms with E-state index >= 15 is 0 Å². The SMILES string of the molecule is CCO/C(C=O)=C/C1(c2ccccc2C(F)(F)F)CCC1. The number of hydrogen-bond donors (Lipinski definition) is 0. The molecule has 0 radical (unpaired) electrons. The minimum atomic E-state index is -4.40. The van der Waals surface area contributed by atoms with E-state index < -0.39 is 17.2 Å². The summed E-state index contributed by atoms with van der Waals surface area (Å²) in [6.07, 6.45) is -0.284. The summed E-state index contributed by atoms with van der Waals surface area (Å²) < 4.78 is 44.7. The fourth-order valence-electron chi connectivity index (χ4n) is 2.76. The zero-order valence-electron chi connectivity index (χ0n) is 11.7. The minimum absolute atomic E-state index is 0.106. The maximum atomic E-state index is 13.2. The number of carbonyl (C=O) groups excluding carboxylic acids is 1. The average molecular weight is 298 g/mol. The topological polar surface area (TPSA) is 26.3 Å². The molecule has 0 aliphatic heterocycles. The van der Waals surface area contributed by atoms with E-state index in [1.807, 2.05) is 0 Å². The Morgan fingerprint density at radius 1 is 1.33 bits per heavy atom. The minimum Gasteiger partial charge on any atom is -0.491 e. The smallest absolute Gasteiger partial charge is 0.416 e. The van der Waals surface area contributed by atoms with E-state index in [9.17, 15) is 18.0 Å². The highest BCUT2D eigenvalue weighted by molar-refractivity contribution is 5.71. The molecule has 0 spiro atoms. The van der Waals surface area contributed by atoms with Crippen LogP contribution in [0.4, 0.5) is 13.2 Å². The van der Waals surface area contributed by atoms with Gasteiger partial charge in [0.1, 0.15) is 0 Å². The van der Waals surface area contributed by atoms with Crippen LogP contribution in [0.2, 0.25) is 0 Å². The van der Waals surface area contributed by atoms with Gasteiger partial charge in [-0.05, 0) is 37.5 Å². The summed E-state index contributed by atoms with van der Waals surface area (Å²) in [4.78, 5) is 11.0. The average Bonchev–Trinajstić information content (AvgIpc) is 2.40. The summed E-state index contributed by atoms with van der Waals surface area (Å²) in [6.45, 7) is 2.04. The van der Waals surface area contributed by atoms with Gasteiger partial charge in [-0.15, -0.1) is 0 Å². The predicted octanol–water partition coefficient (Wildman–Crippen LogP) is 4.25. The van der Waals surface area contributed by atoms with Crippen molar-refractivity contribution in [3.05, 3.63) is 47.2 Å². The number of hydrogen-bond acceptors (Lipinski definition) is 2. The van der Waals surface area contributed by atoms with Crippen molar-refractivity contribution in [3.63, 3.8) is 0 Å². The van der Waals surface area contributed by atoms with E-state index in [2.05, 4.69) is 0 Å². The van der Waals surface area contributed by atoms with Gasteiger partial charge in [-0.25, -0.2) is 0 Å². The Labute approximate surface area is 121 Å². The van der Waals surface area contributed by atoms with Crippen molar-refractivity contribution in [1.29, 1.82) is 0 Å². The summed E-state index contributed by atoms with van der Waals surface area (Å²) in [5, 5.41) is 0. The van der Waals surface area contributed by atoms with E-state index in [-0.39, 0.29) is 11.3 Å². The Bertz CT molecular complexity index is 543. The number of benzene rings is 1. The highest BCUT2D eigenvalue weighted by Gasteiger charge is 2.44. The number of alkyl halides is 3. The van der Waals surface area contributed by atoms with Gasteiger partial charge < -0.3 is 4.74 Å². The lowest BCUT2D eigenvalue weighted by atomic mass is 9.63. The molecule has 2 nitrogen and oxygen atoms in total. The van der Waals surface area contributed by atoms with Crippen molar-refractivity contribution in [2.24, 2.45) is 0 Å². The van der Waals surface area contributed by atoms with Gasteiger partial charge in [0, 0.05) is 5.41 Å². The van der Waals surface area contributed by atoms with E-state index in [0.717, 1.165) is 12.5 Å². The molecule has 1 saturated carbocycles. The maximum absolute atomic E-state index is 13.2. The monoisotopic (exact) mass is 298 g/mol. The Balaban J connectivity index is 2.49. The zero-order chi connectivity index (χ0) is 15.5. The Morgan fingerprint density at radius 2 is 2.00 bits per heavy atom. The molecule has 0 aromatic heterocycles. The first kappa shape index (κ1) is 15.6. The molecule has 0 amide bonds. The lowest BCUT2D eigenvalue weighted by molar-refractivity contribution is -0.139. The Hall–Kier alpha value is -1.78. The van der Waals surface area contributed by atoms with Crippen molar-refractivity contribution in [2.75, 3.05) is 6.61 Å². The van der Waals surface area contributed by atoms with Crippen molar-refractivity contribution in [1.82, 2.24) is 0 Å².